The zero-order valence-electron chi connectivity index (χ0n) is 12.7. The van der Waals surface area contributed by atoms with Gasteiger partial charge in [-0.25, -0.2) is 0 Å². The van der Waals surface area contributed by atoms with Gasteiger partial charge >= 0.3 is 5.97 Å². The topological polar surface area (TPSA) is 79.3 Å². The van der Waals surface area contributed by atoms with Gasteiger partial charge in [-0.15, -0.1) is 0 Å². The lowest BCUT2D eigenvalue weighted by Crippen LogP contribution is -2.32. The number of nitrogens with zero attached hydrogens (tertiary/aromatic N) is 1. The van der Waals surface area contributed by atoms with E-state index in [4.69, 9.17) is 5.11 Å². The predicted octanol–water partition coefficient (Wildman–Crippen LogP) is 2.41. The van der Waals surface area contributed by atoms with Crippen LogP contribution < -0.4 is 5.32 Å². The van der Waals surface area contributed by atoms with Gasteiger partial charge in [-0.3, -0.25) is 14.6 Å². The summed E-state index contributed by atoms with van der Waals surface area (Å²) in [5.41, 5.74) is 0.913. The molecule has 1 amide bonds. The Labute approximate surface area is 125 Å². The quantitative estimate of drug-likeness (QED) is 0.732. The summed E-state index contributed by atoms with van der Waals surface area (Å²) in [5, 5.41) is 11.7. The molecule has 21 heavy (non-hydrogen) atoms. The molecule has 0 spiro atoms. The average molecular weight is 292 g/mol. The Hall–Kier alpha value is -1.91. The van der Waals surface area contributed by atoms with E-state index in [0.717, 1.165) is 18.5 Å². The Morgan fingerprint density at radius 1 is 1.29 bits per heavy atom. The zero-order chi connectivity index (χ0) is 15.7. The highest BCUT2D eigenvalue weighted by Gasteiger charge is 2.12. The van der Waals surface area contributed by atoms with Gasteiger partial charge in [0.1, 0.15) is 0 Å². The third kappa shape index (κ3) is 7.44. The van der Waals surface area contributed by atoms with E-state index in [1.165, 1.54) is 0 Å². The van der Waals surface area contributed by atoms with Crippen molar-refractivity contribution in [3.63, 3.8) is 0 Å². The van der Waals surface area contributed by atoms with Crippen molar-refractivity contribution >= 4 is 11.9 Å². The summed E-state index contributed by atoms with van der Waals surface area (Å²) in [6.45, 7) is 3.66. The van der Waals surface area contributed by atoms with Crippen LogP contribution in [0.25, 0.3) is 0 Å². The van der Waals surface area contributed by atoms with E-state index in [2.05, 4.69) is 10.3 Å². The summed E-state index contributed by atoms with van der Waals surface area (Å²) in [4.78, 5) is 26.7. The largest absolute Gasteiger partial charge is 0.481 e. The monoisotopic (exact) mass is 292 g/mol. The van der Waals surface area contributed by atoms with E-state index < -0.39 is 5.97 Å². The first-order valence-electron chi connectivity index (χ1n) is 7.41. The van der Waals surface area contributed by atoms with Gasteiger partial charge < -0.3 is 10.4 Å². The average Bonchev–Trinajstić information content (AvgIpc) is 2.46. The molecule has 0 fully saturated rings. The van der Waals surface area contributed by atoms with Crippen LogP contribution in [0.3, 0.4) is 0 Å². The van der Waals surface area contributed by atoms with Crippen LogP contribution in [0.15, 0.2) is 24.4 Å². The van der Waals surface area contributed by atoms with Gasteiger partial charge in [0.25, 0.3) is 0 Å². The Bertz CT molecular complexity index is 448. The van der Waals surface area contributed by atoms with Gasteiger partial charge in [0.15, 0.2) is 0 Å². The van der Waals surface area contributed by atoms with Gasteiger partial charge in [0.05, 0.1) is 5.92 Å². The molecule has 0 aliphatic rings. The van der Waals surface area contributed by atoms with Crippen molar-refractivity contribution in [2.45, 2.75) is 52.0 Å². The van der Waals surface area contributed by atoms with Crippen LogP contribution in [-0.4, -0.2) is 28.0 Å². The van der Waals surface area contributed by atoms with E-state index in [9.17, 15) is 9.59 Å². The molecule has 1 aromatic heterocycles. The molecule has 1 heterocycles. The molecule has 0 saturated heterocycles. The van der Waals surface area contributed by atoms with Gasteiger partial charge in [-0.05, 0) is 38.3 Å². The summed E-state index contributed by atoms with van der Waals surface area (Å²) < 4.78 is 0. The summed E-state index contributed by atoms with van der Waals surface area (Å²) in [6, 6.07) is 5.74. The number of carbonyl (C=O) groups is 2. The summed E-state index contributed by atoms with van der Waals surface area (Å²) in [7, 11) is 0. The number of rotatable bonds is 9. The van der Waals surface area contributed by atoms with Crippen LogP contribution in [0, 0.1) is 5.92 Å². The molecule has 2 unspecified atom stereocenters. The van der Waals surface area contributed by atoms with Crippen LogP contribution >= 0.6 is 0 Å². The maximum Gasteiger partial charge on any atom is 0.306 e. The van der Waals surface area contributed by atoms with E-state index in [1.807, 2.05) is 25.1 Å². The Balaban J connectivity index is 2.17. The zero-order valence-corrected chi connectivity index (χ0v) is 12.7. The first-order valence-corrected chi connectivity index (χ1v) is 7.41. The van der Waals surface area contributed by atoms with Crippen molar-refractivity contribution in [2.75, 3.05) is 0 Å². The highest BCUT2D eigenvalue weighted by atomic mass is 16.4. The second-order valence-corrected chi connectivity index (χ2v) is 5.46. The van der Waals surface area contributed by atoms with Crippen molar-refractivity contribution in [3.8, 4) is 0 Å². The maximum absolute atomic E-state index is 11.8. The van der Waals surface area contributed by atoms with Crippen LogP contribution in [-0.2, 0) is 16.0 Å². The lowest BCUT2D eigenvalue weighted by atomic mass is 10.0. The van der Waals surface area contributed by atoms with Crippen molar-refractivity contribution in [3.05, 3.63) is 30.1 Å². The van der Waals surface area contributed by atoms with Gasteiger partial charge in [0, 0.05) is 24.4 Å². The molecule has 2 N–H and O–H groups in total. The Morgan fingerprint density at radius 3 is 2.67 bits per heavy atom. The highest BCUT2D eigenvalue weighted by Crippen LogP contribution is 2.09. The number of amides is 1. The second kappa shape index (κ2) is 9.10. The van der Waals surface area contributed by atoms with Crippen LogP contribution in [0.5, 0.6) is 0 Å². The molecule has 116 valence electrons. The number of aryl methyl sites for hydroxylation is 1. The fraction of sp³-hybridized carbons (Fsp3) is 0.562. The number of nitrogens with one attached hydrogen (secondary N) is 1. The third-order valence-corrected chi connectivity index (χ3v) is 3.44. The highest BCUT2D eigenvalue weighted by molar-refractivity contribution is 5.76. The predicted molar refractivity (Wildman–Crippen MR) is 80.8 cm³/mol. The van der Waals surface area contributed by atoms with Crippen molar-refractivity contribution in [2.24, 2.45) is 5.92 Å². The fourth-order valence-electron chi connectivity index (χ4n) is 2.06. The number of hydrogen-bond donors (Lipinski definition) is 2. The van der Waals surface area contributed by atoms with Crippen molar-refractivity contribution < 1.29 is 14.7 Å². The normalized spacial score (nSPS) is 13.4. The van der Waals surface area contributed by atoms with Gasteiger partial charge in [-0.1, -0.05) is 19.4 Å². The first-order chi connectivity index (χ1) is 9.99. The van der Waals surface area contributed by atoms with E-state index in [0.29, 0.717) is 19.3 Å². The van der Waals surface area contributed by atoms with Crippen LogP contribution in [0.1, 0.15) is 45.2 Å². The molecule has 0 aromatic carbocycles. The number of pyridine rings is 1. The lowest BCUT2D eigenvalue weighted by Gasteiger charge is -2.14. The minimum atomic E-state index is -0.762. The SMILES string of the molecule is CC(CCCC(C)C(=O)O)NC(=O)CCc1ccccn1. The number of hydrogen-bond acceptors (Lipinski definition) is 3. The molecule has 5 heteroatoms. The van der Waals surface area contributed by atoms with E-state index in [1.54, 1.807) is 13.1 Å². The summed E-state index contributed by atoms with van der Waals surface area (Å²) in [6.07, 6.45) is 5.02. The molecule has 0 bridgehead atoms. The molecule has 5 nitrogen and oxygen atoms in total. The number of aliphatic carboxylic acids is 1. The van der Waals surface area contributed by atoms with Gasteiger partial charge in [0.2, 0.25) is 5.91 Å². The molecule has 0 saturated carbocycles. The Kier molecular flexibility index (Phi) is 7.43. The van der Waals surface area contributed by atoms with Crippen LogP contribution in [0.4, 0.5) is 0 Å². The van der Waals surface area contributed by atoms with E-state index >= 15 is 0 Å². The molecule has 0 aliphatic heterocycles. The first kappa shape index (κ1) is 17.1. The third-order valence-electron chi connectivity index (χ3n) is 3.44. The number of aromatic nitrogens is 1. The number of carbonyl (C=O) groups excluding carboxylic acids is 1. The minimum Gasteiger partial charge on any atom is -0.481 e. The van der Waals surface area contributed by atoms with Crippen molar-refractivity contribution in [1.82, 2.24) is 10.3 Å². The number of carboxylic acid groups (broad SMARTS) is 1. The molecule has 0 radical (unpaired) electrons. The maximum atomic E-state index is 11.8. The number of carboxylic acids is 1. The summed E-state index contributed by atoms with van der Waals surface area (Å²) >= 11 is 0. The molecule has 1 rings (SSSR count). The second-order valence-electron chi connectivity index (χ2n) is 5.46. The lowest BCUT2D eigenvalue weighted by molar-refractivity contribution is -0.141. The minimum absolute atomic E-state index is 0.0134. The molecule has 1 aromatic rings. The Morgan fingerprint density at radius 2 is 2.05 bits per heavy atom. The molecule has 2 atom stereocenters. The molecule has 0 aliphatic carbocycles. The van der Waals surface area contributed by atoms with E-state index in [-0.39, 0.29) is 17.9 Å². The summed E-state index contributed by atoms with van der Waals surface area (Å²) in [5.74, 6) is -1.07. The smallest absolute Gasteiger partial charge is 0.306 e. The van der Waals surface area contributed by atoms with Crippen LogP contribution in [0.2, 0.25) is 0 Å². The van der Waals surface area contributed by atoms with Crippen molar-refractivity contribution in [1.29, 1.82) is 0 Å². The van der Waals surface area contributed by atoms with Gasteiger partial charge in [-0.2, -0.15) is 0 Å². The molecular formula is C16H24N2O3. The molecular weight excluding hydrogens is 268 g/mol. The fourth-order valence-corrected chi connectivity index (χ4v) is 2.06. The standard InChI is InChI=1S/C16H24N2O3/c1-12(16(20)21)6-5-7-13(2)18-15(19)10-9-14-8-3-4-11-17-14/h3-4,8,11-13H,5-7,9-10H2,1-2H3,(H,18,19)(H,20,21).